The number of rotatable bonds is 4. The Hall–Kier alpha value is -1.35. The molecule has 0 fully saturated rings. The molecule has 0 amide bonds. The molecule has 0 bridgehead atoms. The van der Waals surface area contributed by atoms with Gasteiger partial charge in [-0.1, -0.05) is 51.1 Å². The van der Waals surface area contributed by atoms with Crippen molar-refractivity contribution in [1.82, 2.24) is 5.32 Å². The normalized spacial score (nSPS) is 13.2. The summed E-state index contributed by atoms with van der Waals surface area (Å²) in [6.45, 7) is 6.73. The Labute approximate surface area is 103 Å². The number of hydrogen-bond acceptors (Lipinski definition) is 3. The highest BCUT2D eigenvalue weighted by Gasteiger charge is 2.31. The molecule has 1 aromatic carbocycles. The maximum atomic E-state index is 11.7. The molecule has 1 N–H and O–H groups in total. The van der Waals surface area contributed by atoms with Crippen LogP contribution in [0.4, 0.5) is 0 Å². The highest BCUT2D eigenvalue weighted by Crippen LogP contribution is 2.20. The van der Waals surface area contributed by atoms with E-state index < -0.39 is 0 Å². The SMILES string of the molecule is COC(=O)C(NCc1ccccc1)C(C)(C)C. The van der Waals surface area contributed by atoms with Crippen LogP contribution in [0.15, 0.2) is 30.3 Å². The van der Waals surface area contributed by atoms with Crippen LogP contribution in [0.5, 0.6) is 0 Å². The zero-order valence-corrected chi connectivity index (χ0v) is 11.0. The van der Waals surface area contributed by atoms with E-state index in [-0.39, 0.29) is 17.4 Å². The van der Waals surface area contributed by atoms with E-state index in [1.54, 1.807) is 0 Å². The van der Waals surface area contributed by atoms with Gasteiger partial charge in [0.25, 0.3) is 0 Å². The van der Waals surface area contributed by atoms with E-state index in [0.717, 1.165) is 5.56 Å². The molecule has 94 valence electrons. The lowest BCUT2D eigenvalue weighted by Gasteiger charge is -2.29. The summed E-state index contributed by atoms with van der Waals surface area (Å²) >= 11 is 0. The Bertz CT molecular complexity index is 354. The smallest absolute Gasteiger partial charge is 0.323 e. The van der Waals surface area contributed by atoms with Crippen LogP contribution in [0, 0.1) is 5.41 Å². The average Bonchev–Trinajstić information content (AvgIpc) is 2.28. The number of carbonyl (C=O) groups is 1. The largest absolute Gasteiger partial charge is 0.468 e. The van der Waals surface area contributed by atoms with Crippen molar-refractivity contribution in [3.63, 3.8) is 0 Å². The average molecular weight is 235 g/mol. The Kier molecular flexibility index (Phi) is 4.70. The Morgan fingerprint density at radius 2 is 1.88 bits per heavy atom. The van der Waals surface area contributed by atoms with Crippen LogP contribution in [-0.2, 0) is 16.1 Å². The van der Waals surface area contributed by atoms with Crippen LogP contribution < -0.4 is 5.32 Å². The summed E-state index contributed by atoms with van der Waals surface area (Å²) in [5.41, 5.74) is 0.993. The number of benzene rings is 1. The molecule has 0 aromatic heterocycles. The Morgan fingerprint density at radius 3 is 2.35 bits per heavy atom. The first-order chi connectivity index (χ1) is 7.95. The predicted octanol–water partition coefficient (Wildman–Crippen LogP) is 2.36. The molecule has 3 nitrogen and oxygen atoms in total. The van der Waals surface area contributed by atoms with Gasteiger partial charge < -0.3 is 4.74 Å². The second kappa shape index (κ2) is 5.82. The van der Waals surface area contributed by atoms with Crippen molar-refractivity contribution in [2.45, 2.75) is 33.4 Å². The van der Waals surface area contributed by atoms with E-state index in [4.69, 9.17) is 4.74 Å². The number of carbonyl (C=O) groups excluding carboxylic acids is 1. The van der Waals surface area contributed by atoms with Crippen LogP contribution >= 0.6 is 0 Å². The monoisotopic (exact) mass is 235 g/mol. The maximum absolute atomic E-state index is 11.7. The summed E-state index contributed by atoms with van der Waals surface area (Å²) in [4.78, 5) is 11.7. The molecule has 1 unspecified atom stereocenters. The van der Waals surface area contributed by atoms with Crippen molar-refractivity contribution in [2.24, 2.45) is 5.41 Å². The van der Waals surface area contributed by atoms with Gasteiger partial charge in [-0.3, -0.25) is 10.1 Å². The van der Waals surface area contributed by atoms with Gasteiger partial charge >= 0.3 is 5.97 Å². The van der Waals surface area contributed by atoms with Crippen molar-refractivity contribution < 1.29 is 9.53 Å². The zero-order chi connectivity index (χ0) is 12.9. The van der Waals surface area contributed by atoms with Gasteiger partial charge in [-0.2, -0.15) is 0 Å². The van der Waals surface area contributed by atoms with Crippen molar-refractivity contribution in [1.29, 1.82) is 0 Å². The van der Waals surface area contributed by atoms with E-state index in [1.807, 2.05) is 51.1 Å². The molecule has 17 heavy (non-hydrogen) atoms. The fourth-order valence-electron chi connectivity index (χ4n) is 1.68. The van der Waals surface area contributed by atoms with Gasteiger partial charge in [-0.25, -0.2) is 0 Å². The van der Waals surface area contributed by atoms with Gasteiger partial charge in [0.2, 0.25) is 0 Å². The molecule has 1 rings (SSSR count). The molecule has 3 heteroatoms. The summed E-state index contributed by atoms with van der Waals surface area (Å²) in [6, 6.07) is 9.72. The van der Waals surface area contributed by atoms with Crippen LogP contribution in [0.2, 0.25) is 0 Å². The number of hydrogen-bond donors (Lipinski definition) is 1. The molecule has 0 heterocycles. The molecule has 1 aromatic rings. The van der Waals surface area contributed by atoms with Crippen molar-refractivity contribution >= 4 is 5.97 Å². The highest BCUT2D eigenvalue weighted by atomic mass is 16.5. The first kappa shape index (κ1) is 13.7. The number of nitrogens with one attached hydrogen (secondary N) is 1. The maximum Gasteiger partial charge on any atom is 0.323 e. The molecule has 0 aliphatic carbocycles. The van der Waals surface area contributed by atoms with E-state index >= 15 is 0 Å². The molecule has 0 radical (unpaired) electrons. The molecule has 0 aliphatic heterocycles. The minimum absolute atomic E-state index is 0.165. The minimum Gasteiger partial charge on any atom is -0.468 e. The Balaban J connectivity index is 2.65. The summed E-state index contributed by atoms with van der Waals surface area (Å²) in [6.07, 6.45) is 0. The summed E-state index contributed by atoms with van der Waals surface area (Å²) in [5, 5.41) is 3.25. The number of esters is 1. The second-order valence-corrected chi connectivity index (χ2v) is 5.19. The second-order valence-electron chi connectivity index (χ2n) is 5.19. The lowest BCUT2D eigenvalue weighted by molar-refractivity contribution is -0.146. The first-order valence-corrected chi connectivity index (χ1v) is 5.80. The van der Waals surface area contributed by atoms with Gasteiger partial charge in [0.1, 0.15) is 6.04 Å². The third-order valence-corrected chi connectivity index (χ3v) is 2.66. The number of methoxy groups -OCH3 is 1. The molecule has 0 saturated carbocycles. The van der Waals surface area contributed by atoms with Crippen LogP contribution in [0.3, 0.4) is 0 Å². The van der Waals surface area contributed by atoms with Gasteiger partial charge in [-0.05, 0) is 11.0 Å². The van der Waals surface area contributed by atoms with Crippen LogP contribution in [0.25, 0.3) is 0 Å². The summed E-state index contributed by atoms with van der Waals surface area (Å²) < 4.78 is 4.83. The molecule has 0 saturated heterocycles. The zero-order valence-electron chi connectivity index (χ0n) is 11.0. The van der Waals surface area contributed by atoms with E-state index in [9.17, 15) is 4.79 Å². The highest BCUT2D eigenvalue weighted by molar-refractivity contribution is 5.76. The van der Waals surface area contributed by atoms with E-state index in [1.165, 1.54) is 7.11 Å². The lowest BCUT2D eigenvalue weighted by Crippen LogP contribution is -2.46. The van der Waals surface area contributed by atoms with Crippen LogP contribution in [-0.4, -0.2) is 19.1 Å². The van der Waals surface area contributed by atoms with E-state index in [0.29, 0.717) is 6.54 Å². The molecule has 0 spiro atoms. The molecular formula is C14H21NO2. The third kappa shape index (κ3) is 4.19. The van der Waals surface area contributed by atoms with Crippen molar-refractivity contribution in [3.05, 3.63) is 35.9 Å². The van der Waals surface area contributed by atoms with Gasteiger partial charge in [0.05, 0.1) is 7.11 Å². The van der Waals surface area contributed by atoms with Gasteiger partial charge in [-0.15, -0.1) is 0 Å². The lowest BCUT2D eigenvalue weighted by atomic mass is 9.86. The Morgan fingerprint density at radius 1 is 1.29 bits per heavy atom. The standard InChI is InChI=1S/C14H21NO2/c1-14(2,3)12(13(16)17-4)15-10-11-8-6-5-7-9-11/h5-9,12,15H,10H2,1-4H3. The predicted molar refractivity (Wildman–Crippen MR) is 68.5 cm³/mol. The van der Waals surface area contributed by atoms with Gasteiger partial charge in [0, 0.05) is 6.54 Å². The van der Waals surface area contributed by atoms with Crippen molar-refractivity contribution in [2.75, 3.05) is 7.11 Å². The fourth-order valence-corrected chi connectivity index (χ4v) is 1.68. The summed E-state index contributed by atoms with van der Waals surface area (Å²) in [7, 11) is 1.42. The van der Waals surface area contributed by atoms with Gasteiger partial charge in [0.15, 0.2) is 0 Å². The molecule has 1 atom stereocenters. The number of ether oxygens (including phenoxy) is 1. The van der Waals surface area contributed by atoms with E-state index in [2.05, 4.69) is 5.32 Å². The molecular weight excluding hydrogens is 214 g/mol. The quantitative estimate of drug-likeness (QED) is 0.814. The minimum atomic E-state index is -0.298. The summed E-state index contributed by atoms with van der Waals surface area (Å²) in [5.74, 6) is -0.214. The first-order valence-electron chi connectivity index (χ1n) is 5.80. The van der Waals surface area contributed by atoms with Crippen LogP contribution in [0.1, 0.15) is 26.3 Å². The third-order valence-electron chi connectivity index (χ3n) is 2.66. The fraction of sp³-hybridized carbons (Fsp3) is 0.500. The van der Waals surface area contributed by atoms with Crippen molar-refractivity contribution in [3.8, 4) is 0 Å². The molecule has 0 aliphatic rings. The topological polar surface area (TPSA) is 38.3 Å².